The Morgan fingerprint density at radius 1 is 1.46 bits per heavy atom. The molecule has 5 nitrogen and oxygen atoms in total. The van der Waals surface area contributed by atoms with E-state index in [0.717, 1.165) is 19.4 Å². The van der Waals surface area contributed by atoms with Crippen LogP contribution in [-0.2, 0) is 11.3 Å². The van der Waals surface area contributed by atoms with E-state index in [1.165, 1.54) is 6.07 Å². The largest absolute Gasteiger partial charge is 0.490 e. The SMILES string of the molecule is CC(Cn1cc(Cl)cn1)C(=O)N1CCCC(COc2ccccc2F)C1. The molecule has 140 valence electrons. The van der Waals surface area contributed by atoms with Crippen molar-refractivity contribution >= 4 is 17.5 Å². The van der Waals surface area contributed by atoms with Crippen molar-refractivity contribution in [3.8, 4) is 5.75 Å². The maximum atomic E-state index is 13.7. The molecule has 0 saturated carbocycles. The fourth-order valence-electron chi connectivity index (χ4n) is 3.28. The molecule has 1 aliphatic rings. The van der Waals surface area contributed by atoms with Crippen LogP contribution in [0.15, 0.2) is 36.7 Å². The van der Waals surface area contributed by atoms with Gasteiger partial charge in [0.15, 0.2) is 11.6 Å². The number of halogens is 2. The molecule has 0 bridgehead atoms. The van der Waals surface area contributed by atoms with Gasteiger partial charge in [0, 0.05) is 25.2 Å². The molecule has 7 heteroatoms. The summed E-state index contributed by atoms with van der Waals surface area (Å²) in [5, 5.41) is 4.69. The van der Waals surface area contributed by atoms with Gasteiger partial charge in [0.2, 0.25) is 5.91 Å². The predicted molar refractivity (Wildman–Crippen MR) is 97.6 cm³/mol. The van der Waals surface area contributed by atoms with Crippen molar-refractivity contribution in [1.29, 1.82) is 0 Å². The molecule has 2 aromatic rings. The Kier molecular flexibility index (Phi) is 6.14. The molecule has 1 aromatic carbocycles. The van der Waals surface area contributed by atoms with Gasteiger partial charge in [-0.3, -0.25) is 9.48 Å². The summed E-state index contributed by atoms with van der Waals surface area (Å²) in [6.45, 7) is 4.19. The van der Waals surface area contributed by atoms with Crippen molar-refractivity contribution in [1.82, 2.24) is 14.7 Å². The quantitative estimate of drug-likeness (QED) is 0.770. The molecule has 1 aliphatic heterocycles. The molecule has 3 rings (SSSR count). The zero-order valence-corrected chi connectivity index (χ0v) is 15.5. The number of carbonyl (C=O) groups excluding carboxylic acids is 1. The number of nitrogens with zero attached hydrogens (tertiary/aromatic N) is 3. The third-order valence-electron chi connectivity index (χ3n) is 4.63. The molecule has 0 radical (unpaired) electrons. The summed E-state index contributed by atoms with van der Waals surface area (Å²) >= 11 is 5.87. The molecular formula is C19H23ClFN3O2. The van der Waals surface area contributed by atoms with Crippen LogP contribution in [0.1, 0.15) is 19.8 Å². The second-order valence-corrected chi connectivity index (χ2v) is 7.25. The number of hydrogen-bond acceptors (Lipinski definition) is 3. The lowest BCUT2D eigenvalue weighted by atomic mass is 9.97. The van der Waals surface area contributed by atoms with Crippen LogP contribution in [0.5, 0.6) is 5.75 Å². The number of carbonyl (C=O) groups is 1. The van der Waals surface area contributed by atoms with Gasteiger partial charge >= 0.3 is 0 Å². The highest BCUT2D eigenvalue weighted by Gasteiger charge is 2.27. The van der Waals surface area contributed by atoms with Gasteiger partial charge in [-0.05, 0) is 25.0 Å². The minimum absolute atomic E-state index is 0.104. The van der Waals surface area contributed by atoms with Gasteiger partial charge in [-0.2, -0.15) is 5.10 Å². The average molecular weight is 380 g/mol. The number of benzene rings is 1. The summed E-state index contributed by atoms with van der Waals surface area (Å²) in [5.41, 5.74) is 0. The molecule has 2 unspecified atom stereocenters. The van der Waals surface area contributed by atoms with Gasteiger partial charge in [-0.15, -0.1) is 0 Å². The van der Waals surface area contributed by atoms with Crippen LogP contribution in [0.3, 0.4) is 0 Å². The fraction of sp³-hybridized carbons (Fsp3) is 0.474. The summed E-state index contributed by atoms with van der Waals surface area (Å²) in [5.74, 6) is 0.0331. The Hall–Kier alpha value is -2.08. The van der Waals surface area contributed by atoms with Gasteiger partial charge in [0.1, 0.15) is 0 Å². The second kappa shape index (κ2) is 8.54. The topological polar surface area (TPSA) is 47.4 Å². The first kappa shape index (κ1) is 18.7. The van der Waals surface area contributed by atoms with Crippen molar-refractivity contribution in [3.05, 3.63) is 47.5 Å². The molecule has 0 aliphatic carbocycles. The summed E-state index contributed by atoms with van der Waals surface area (Å²) in [6.07, 6.45) is 5.18. The molecule has 26 heavy (non-hydrogen) atoms. The number of hydrogen-bond donors (Lipinski definition) is 0. The third-order valence-corrected chi connectivity index (χ3v) is 4.82. The number of piperidine rings is 1. The van der Waals surface area contributed by atoms with Crippen LogP contribution >= 0.6 is 11.6 Å². The molecule has 2 heterocycles. The molecule has 1 aromatic heterocycles. The van der Waals surface area contributed by atoms with E-state index in [4.69, 9.17) is 16.3 Å². The maximum absolute atomic E-state index is 13.7. The lowest BCUT2D eigenvalue weighted by Gasteiger charge is -2.34. The number of rotatable bonds is 6. The molecule has 0 spiro atoms. The number of para-hydroxylation sites is 1. The summed E-state index contributed by atoms with van der Waals surface area (Å²) in [4.78, 5) is 14.6. The van der Waals surface area contributed by atoms with Crippen LogP contribution in [-0.4, -0.2) is 40.3 Å². The standard InChI is InChI=1S/C19H23ClFN3O2/c1-14(10-24-12-16(20)9-22-24)19(25)23-8-4-5-15(11-23)13-26-18-7-3-2-6-17(18)21/h2-3,6-7,9,12,14-15H,4-5,8,10-11,13H2,1H3. The lowest BCUT2D eigenvalue weighted by Crippen LogP contribution is -2.44. The lowest BCUT2D eigenvalue weighted by molar-refractivity contribution is -0.137. The normalized spacial score (nSPS) is 18.6. The van der Waals surface area contributed by atoms with Crippen LogP contribution in [0, 0.1) is 17.7 Å². The van der Waals surface area contributed by atoms with E-state index in [-0.39, 0.29) is 29.3 Å². The highest BCUT2D eigenvalue weighted by atomic mass is 35.5. The summed E-state index contributed by atoms with van der Waals surface area (Å²) < 4.78 is 21.0. The first-order valence-electron chi connectivity index (χ1n) is 8.87. The van der Waals surface area contributed by atoms with Gasteiger partial charge in [0.05, 0.1) is 30.3 Å². The average Bonchev–Trinajstić information content (AvgIpc) is 3.05. The predicted octanol–water partition coefficient (Wildman–Crippen LogP) is 3.63. The van der Waals surface area contributed by atoms with Crippen LogP contribution in [0.2, 0.25) is 5.02 Å². The number of likely N-dealkylation sites (tertiary alicyclic amines) is 1. The Balaban J connectivity index is 1.52. The van der Waals surface area contributed by atoms with E-state index < -0.39 is 0 Å². The summed E-state index contributed by atoms with van der Waals surface area (Å²) in [6, 6.07) is 6.39. The van der Waals surface area contributed by atoms with Crippen LogP contribution < -0.4 is 4.74 Å². The monoisotopic (exact) mass is 379 g/mol. The van der Waals surface area contributed by atoms with Crippen LogP contribution in [0.4, 0.5) is 4.39 Å². The van der Waals surface area contributed by atoms with Crippen molar-refractivity contribution < 1.29 is 13.9 Å². The maximum Gasteiger partial charge on any atom is 0.227 e. The van der Waals surface area contributed by atoms with E-state index in [1.54, 1.807) is 35.3 Å². The van der Waals surface area contributed by atoms with Crippen molar-refractivity contribution in [2.24, 2.45) is 11.8 Å². The number of amides is 1. The molecular weight excluding hydrogens is 357 g/mol. The Bertz CT molecular complexity index is 752. The number of aromatic nitrogens is 2. The van der Waals surface area contributed by atoms with Gasteiger partial charge in [-0.1, -0.05) is 30.7 Å². The highest BCUT2D eigenvalue weighted by Crippen LogP contribution is 2.22. The molecule has 2 atom stereocenters. The third kappa shape index (κ3) is 4.75. The van der Waals surface area contributed by atoms with Crippen molar-refractivity contribution in [3.63, 3.8) is 0 Å². The van der Waals surface area contributed by atoms with E-state index in [1.807, 2.05) is 11.8 Å². The zero-order chi connectivity index (χ0) is 18.5. The Labute approximate surface area is 157 Å². The van der Waals surface area contributed by atoms with Crippen molar-refractivity contribution in [2.45, 2.75) is 26.3 Å². The zero-order valence-electron chi connectivity index (χ0n) is 14.8. The van der Waals surface area contributed by atoms with Gasteiger partial charge in [-0.25, -0.2) is 4.39 Å². The second-order valence-electron chi connectivity index (χ2n) is 6.82. The first-order chi connectivity index (χ1) is 12.5. The van der Waals surface area contributed by atoms with E-state index in [2.05, 4.69) is 5.10 Å². The smallest absolute Gasteiger partial charge is 0.227 e. The Morgan fingerprint density at radius 3 is 3.00 bits per heavy atom. The fourth-order valence-corrected chi connectivity index (χ4v) is 3.44. The van der Waals surface area contributed by atoms with Crippen molar-refractivity contribution in [2.75, 3.05) is 19.7 Å². The van der Waals surface area contributed by atoms with Gasteiger partial charge in [0.25, 0.3) is 0 Å². The Morgan fingerprint density at radius 2 is 2.27 bits per heavy atom. The molecule has 1 fully saturated rings. The molecule has 1 amide bonds. The minimum atomic E-state index is -0.359. The van der Waals surface area contributed by atoms with E-state index in [9.17, 15) is 9.18 Å². The van der Waals surface area contributed by atoms with E-state index >= 15 is 0 Å². The minimum Gasteiger partial charge on any atom is -0.490 e. The van der Waals surface area contributed by atoms with E-state index in [0.29, 0.717) is 24.7 Å². The molecule has 1 saturated heterocycles. The van der Waals surface area contributed by atoms with Gasteiger partial charge < -0.3 is 9.64 Å². The highest BCUT2D eigenvalue weighted by molar-refractivity contribution is 6.30. The van der Waals surface area contributed by atoms with Crippen LogP contribution in [0.25, 0.3) is 0 Å². The first-order valence-corrected chi connectivity index (χ1v) is 9.25. The molecule has 0 N–H and O–H groups in total. The summed E-state index contributed by atoms with van der Waals surface area (Å²) in [7, 11) is 0. The number of ether oxygens (including phenoxy) is 1.